The Labute approximate surface area is 124 Å². The normalized spacial score (nSPS) is 29.9. The summed E-state index contributed by atoms with van der Waals surface area (Å²) in [5.41, 5.74) is 6.62. The summed E-state index contributed by atoms with van der Waals surface area (Å²) in [5.74, 6) is 0.482. The number of halogens is 3. The average Bonchev–Trinajstić information content (AvgIpc) is 2.78. The van der Waals surface area contributed by atoms with Crippen LogP contribution in [0, 0.1) is 23.5 Å². The lowest BCUT2D eigenvalue weighted by Gasteiger charge is -2.29. The zero-order chi connectivity index (χ0) is 13.4. The fourth-order valence-corrected chi connectivity index (χ4v) is 3.64. The number of hydrogen-bond donors (Lipinski definition) is 1. The highest BCUT2D eigenvalue weighted by Gasteiger charge is 2.38. The highest BCUT2D eigenvalue weighted by molar-refractivity contribution is 5.85. The first kappa shape index (κ1) is 15.7. The van der Waals surface area contributed by atoms with E-state index in [1.165, 1.54) is 31.0 Å². The van der Waals surface area contributed by atoms with Gasteiger partial charge in [-0.2, -0.15) is 0 Å². The summed E-state index contributed by atoms with van der Waals surface area (Å²) in [5, 5.41) is 0. The molecular formula is C15H21ClF2N2. The molecular weight excluding hydrogens is 282 g/mol. The van der Waals surface area contributed by atoms with E-state index < -0.39 is 0 Å². The molecule has 1 heterocycles. The Balaban J connectivity index is 0.00000147. The monoisotopic (exact) mass is 302 g/mol. The van der Waals surface area contributed by atoms with Crippen LogP contribution in [0.25, 0.3) is 0 Å². The summed E-state index contributed by atoms with van der Waals surface area (Å²) in [6.45, 7) is 2.37. The minimum Gasteiger partial charge on any atom is -0.327 e. The van der Waals surface area contributed by atoms with Crippen molar-refractivity contribution in [3.05, 3.63) is 35.4 Å². The minimum absolute atomic E-state index is 0. The van der Waals surface area contributed by atoms with Gasteiger partial charge >= 0.3 is 0 Å². The maximum atomic E-state index is 13.7. The van der Waals surface area contributed by atoms with Gasteiger partial charge in [0.2, 0.25) is 0 Å². The lowest BCUT2D eigenvalue weighted by molar-refractivity contribution is 0.259. The van der Waals surface area contributed by atoms with Gasteiger partial charge in [0.05, 0.1) is 0 Å². The van der Waals surface area contributed by atoms with Crippen molar-refractivity contribution < 1.29 is 8.78 Å². The molecule has 2 fully saturated rings. The standard InChI is InChI=1S/C15H20F2N2.ClH/c16-12-4-5-14(17)11(6-12)8-19-7-10-2-1-3-15(18)13(10)9-19;/h4-6,10,13,15H,1-3,7-9,18H2;1H. The van der Waals surface area contributed by atoms with Gasteiger partial charge in [-0.25, -0.2) is 8.78 Å². The van der Waals surface area contributed by atoms with E-state index >= 15 is 0 Å². The summed E-state index contributed by atoms with van der Waals surface area (Å²) < 4.78 is 26.8. The van der Waals surface area contributed by atoms with E-state index in [2.05, 4.69) is 4.90 Å². The summed E-state index contributed by atoms with van der Waals surface area (Å²) in [6, 6.07) is 3.95. The number of likely N-dealkylation sites (tertiary alicyclic amines) is 1. The molecule has 0 bridgehead atoms. The molecule has 1 aromatic rings. The predicted molar refractivity (Wildman–Crippen MR) is 77.7 cm³/mol. The van der Waals surface area contributed by atoms with Gasteiger partial charge in [-0.1, -0.05) is 6.42 Å². The average molecular weight is 303 g/mol. The van der Waals surface area contributed by atoms with Crippen LogP contribution in [0.15, 0.2) is 18.2 Å². The number of hydrogen-bond acceptors (Lipinski definition) is 2. The quantitative estimate of drug-likeness (QED) is 0.910. The molecule has 2 N–H and O–H groups in total. The second-order valence-electron chi connectivity index (χ2n) is 5.95. The number of fused-ring (bicyclic) bond motifs is 1. The van der Waals surface area contributed by atoms with Gasteiger partial charge in [0.1, 0.15) is 11.6 Å². The summed E-state index contributed by atoms with van der Waals surface area (Å²) in [7, 11) is 0. The van der Waals surface area contributed by atoms with Gasteiger partial charge in [0.25, 0.3) is 0 Å². The predicted octanol–water partition coefficient (Wildman–Crippen LogP) is 2.95. The van der Waals surface area contributed by atoms with Crippen molar-refractivity contribution in [2.45, 2.75) is 31.8 Å². The van der Waals surface area contributed by atoms with Crippen molar-refractivity contribution in [1.82, 2.24) is 4.90 Å². The Kier molecular flexibility index (Phi) is 4.99. The smallest absolute Gasteiger partial charge is 0.127 e. The first-order valence-corrected chi connectivity index (χ1v) is 7.05. The topological polar surface area (TPSA) is 29.3 Å². The number of nitrogens with zero attached hydrogens (tertiary/aromatic N) is 1. The molecule has 112 valence electrons. The van der Waals surface area contributed by atoms with E-state index in [9.17, 15) is 8.78 Å². The van der Waals surface area contributed by atoms with Gasteiger partial charge in [0.15, 0.2) is 0 Å². The van der Waals surface area contributed by atoms with Gasteiger partial charge in [0, 0.05) is 31.2 Å². The lowest BCUT2D eigenvalue weighted by atomic mass is 9.78. The van der Waals surface area contributed by atoms with E-state index in [4.69, 9.17) is 5.73 Å². The first-order chi connectivity index (χ1) is 9.13. The molecule has 0 aromatic heterocycles. The van der Waals surface area contributed by atoms with Crippen molar-refractivity contribution in [3.63, 3.8) is 0 Å². The van der Waals surface area contributed by atoms with Crippen LogP contribution < -0.4 is 5.73 Å². The second-order valence-corrected chi connectivity index (χ2v) is 5.95. The molecule has 2 aliphatic rings. The number of benzene rings is 1. The Morgan fingerprint density at radius 1 is 1.20 bits per heavy atom. The highest BCUT2D eigenvalue weighted by atomic mass is 35.5. The first-order valence-electron chi connectivity index (χ1n) is 7.05. The highest BCUT2D eigenvalue weighted by Crippen LogP contribution is 2.36. The minimum atomic E-state index is -0.371. The zero-order valence-electron chi connectivity index (χ0n) is 11.4. The Hall–Kier alpha value is -0.710. The molecule has 0 spiro atoms. The third-order valence-electron chi connectivity index (χ3n) is 4.63. The molecule has 5 heteroatoms. The fraction of sp³-hybridized carbons (Fsp3) is 0.600. The molecule has 1 aliphatic heterocycles. The molecule has 20 heavy (non-hydrogen) atoms. The largest absolute Gasteiger partial charge is 0.327 e. The summed E-state index contributed by atoms with van der Waals surface area (Å²) in [4.78, 5) is 2.22. The molecule has 0 amide bonds. The zero-order valence-corrected chi connectivity index (χ0v) is 12.2. The molecule has 1 aromatic carbocycles. The van der Waals surface area contributed by atoms with Crippen molar-refractivity contribution in [2.24, 2.45) is 17.6 Å². The summed E-state index contributed by atoms with van der Waals surface area (Å²) in [6.07, 6.45) is 3.52. The molecule has 3 unspecified atom stereocenters. The van der Waals surface area contributed by atoms with Crippen LogP contribution in [0.5, 0.6) is 0 Å². The molecule has 1 saturated carbocycles. The van der Waals surface area contributed by atoms with Crippen LogP contribution in [-0.2, 0) is 6.54 Å². The third kappa shape index (κ3) is 3.13. The van der Waals surface area contributed by atoms with Crippen LogP contribution in [-0.4, -0.2) is 24.0 Å². The van der Waals surface area contributed by atoms with Crippen molar-refractivity contribution in [2.75, 3.05) is 13.1 Å². The summed E-state index contributed by atoms with van der Waals surface area (Å²) >= 11 is 0. The van der Waals surface area contributed by atoms with Crippen molar-refractivity contribution in [3.8, 4) is 0 Å². The van der Waals surface area contributed by atoms with E-state index in [-0.39, 0.29) is 30.1 Å². The maximum absolute atomic E-state index is 13.7. The van der Waals surface area contributed by atoms with E-state index in [0.717, 1.165) is 19.5 Å². The lowest BCUT2D eigenvalue weighted by Crippen LogP contribution is -2.38. The molecule has 1 saturated heterocycles. The Morgan fingerprint density at radius 3 is 2.75 bits per heavy atom. The molecule has 3 atom stereocenters. The van der Waals surface area contributed by atoms with Crippen LogP contribution in [0.3, 0.4) is 0 Å². The van der Waals surface area contributed by atoms with E-state index in [1.54, 1.807) is 0 Å². The Bertz CT molecular complexity index is 469. The molecule has 0 radical (unpaired) electrons. The van der Waals surface area contributed by atoms with Gasteiger partial charge in [-0.05, 0) is 42.9 Å². The maximum Gasteiger partial charge on any atom is 0.127 e. The molecule has 2 nitrogen and oxygen atoms in total. The van der Waals surface area contributed by atoms with E-state index in [1.807, 2.05) is 0 Å². The van der Waals surface area contributed by atoms with Crippen LogP contribution in [0.1, 0.15) is 24.8 Å². The van der Waals surface area contributed by atoms with Crippen LogP contribution in [0.2, 0.25) is 0 Å². The van der Waals surface area contributed by atoms with Gasteiger partial charge in [-0.15, -0.1) is 12.4 Å². The van der Waals surface area contributed by atoms with Crippen molar-refractivity contribution in [1.29, 1.82) is 0 Å². The van der Waals surface area contributed by atoms with Crippen LogP contribution in [0.4, 0.5) is 8.78 Å². The van der Waals surface area contributed by atoms with Gasteiger partial charge < -0.3 is 5.73 Å². The Morgan fingerprint density at radius 2 is 2.00 bits per heavy atom. The van der Waals surface area contributed by atoms with E-state index in [0.29, 0.717) is 23.9 Å². The van der Waals surface area contributed by atoms with Crippen molar-refractivity contribution >= 4 is 12.4 Å². The fourth-order valence-electron chi connectivity index (χ4n) is 3.64. The number of rotatable bonds is 2. The SMILES string of the molecule is Cl.NC1CCCC2CN(Cc3cc(F)ccc3F)CC12. The third-order valence-corrected chi connectivity index (χ3v) is 4.63. The number of nitrogens with two attached hydrogens (primary N) is 1. The van der Waals surface area contributed by atoms with Crippen LogP contribution >= 0.6 is 12.4 Å². The molecule has 1 aliphatic carbocycles. The second kappa shape index (κ2) is 6.37. The van der Waals surface area contributed by atoms with Gasteiger partial charge in [-0.3, -0.25) is 4.90 Å². The molecule has 3 rings (SSSR count).